The molecule has 2 rings (SSSR count). The van der Waals surface area contributed by atoms with Gasteiger partial charge in [0.25, 0.3) is 0 Å². The van der Waals surface area contributed by atoms with Crippen LogP contribution in [-0.4, -0.2) is 29.0 Å². The smallest absolute Gasteiger partial charge is 0.191 e. The Morgan fingerprint density at radius 2 is 2.14 bits per heavy atom. The maximum absolute atomic E-state index is 4.56. The van der Waals surface area contributed by atoms with Crippen LogP contribution in [0, 0.1) is 13.8 Å². The van der Waals surface area contributed by atoms with Gasteiger partial charge in [0.1, 0.15) is 5.01 Å². The predicted octanol–water partition coefficient (Wildman–Crippen LogP) is 3.13. The number of thiazole rings is 2. The molecule has 0 fully saturated rings. The van der Waals surface area contributed by atoms with E-state index in [2.05, 4.69) is 44.8 Å². The molecule has 0 saturated heterocycles. The normalized spacial score (nSPS) is 11.1. The van der Waals surface area contributed by atoms with Crippen molar-refractivity contribution in [3.05, 3.63) is 32.2 Å². The summed E-state index contributed by atoms with van der Waals surface area (Å²) in [5.74, 6) is 0.831. The molecule has 122 valence electrons. The Kier molecular flexibility index (Phi) is 8.88. The number of aromatic nitrogens is 2. The van der Waals surface area contributed by atoms with Crippen LogP contribution in [0.5, 0.6) is 0 Å². The number of rotatable bonds is 6. The van der Waals surface area contributed by atoms with E-state index in [4.69, 9.17) is 0 Å². The van der Waals surface area contributed by atoms with Crippen molar-refractivity contribution in [3.63, 3.8) is 0 Å². The van der Waals surface area contributed by atoms with Crippen molar-refractivity contribution >= 4 is 52.6 Å². The van der Waals surface area contributed by atoms with E-state index in [9.17, 15) is 0 Å². The largest absolute Gasteiger partial charge is 0.357 e. The highest BCUT2D eigenvalue weighted by atomic mass is 127. The molecule has 0 aliphatic heterocycles. The quantitative estimate of drug-likeness (QED) is 0.403. The third kappa shape index (κ3) is 6.57. The van der Waals surface area contributed by atoms with E-state index < -0.39 is 0 Å². The van der Waals surface area contributed by atoms with Gasteiger partial charge in [-0.15, -0.1) is 46.7 Å². The van der Waals surface area contributed by atoms with Crippen LogP contribution in [-0.2, 0) is 13.0 Å². The van der Waals surface area contributed by atoms with Gasteiger partial charge in [-0.3, -0.25) is 0 Å². The summed E-state index contributed by atoms with van der Waals surface area (Å²) in [6, 6.07) is 0. The fraction of sp³-hybridized carbons (Fsp3) is 0.500. The molecule has 0 aliphatic carbocycles. The molecule has 5 nitrogen and oxygen atoms in total. The van der Waals surface area contributed by atoms with E-state index in [0.717, 1.165) is 41.2 Å². The summed E-state index contributed by atoms with van der Waals surface area (Å²) in [6.07, 6.45) is 2.80. The Morgan fingerprint density at radius 1 is 1.32 bits per heavy atom. The summed E-state index contributed by atoms with van der Waals surface area (Å²) in [4.78, 5) is 14.6. The van der Waals surface area contributed by atoms with Gasteiger partial charge in [0.2, 0.25) is 0 Å². The van der Waals surface area contributed by atoms with Crippen LogP contribution >= 0.6 is 46.7 Å². The number of nitrogens with zero attached hydrogens (tertiary/aromatic N) is 3. The lowest BCUT2D eigenvalue weighted by Gasteiger charge is -2.10. The lowest BCUT2D eigenvalue weighted by atomic mass is 10.3. The van der Waals surface area contributed by atoms with Crippen molar-refractivity contribution in [2.24, 2.45) is 4.99 Å². The van der Waals surface area contributed by atoms with Crippen LogP contribution in [0.25, 0.3) is 0 Å². The topological polar surface area (TPSA) is 62.2 Å². The molecule has 0 spiro atoms. The second-order valence-electron chi connectivity index (χ2n) is 4.59. The molecule has 2 aromatic rings. The Hall–Kier alpha value is -0.740. The summed E-state index contributed by atoms with van der Waals surface area (Å²) in [7, 11) is 0. The minimum absolute atomic E-state index is 0. The SMILES string of the molecule is CCNC(=NCc1ncc(C)s1)NCCc1csc(C)n1.I. The van der Waals surface area contributed by atoms with Gasteiger partial charge in [0.05, 0.1) is 17.2 Å². The van der Waals surface area contributed by atoms with Crippen LogP contribution in [0.15, 0.2) is 16.6 Å². The maximum Gasteiger partial charge on any atom is 0.191 e. The van der Waals surface area contributed by atoms with E-state index >= 15 is 0 Å². The number of guanidine groups is 1. The lowest BCUT2D eigenvalue weighted by Crippen LogP contribution is -2.38. The minimum atomic E-state index is 0. The molecule has 0 bridgehead atoms. The van der Waals surface area contributed by atoms with Crippen molar-refractivity contribution in [1.29, 1.82) is 0 Å². The number of aryl methyl sites for hydroxylation is 2. The van der Waals surface area contributed by atoms with Crippen LogP contribution in [0.4, 0.5) is 0 Å². The van der Waals surface area contributed by atoms with Gasteiger partial charge >= 0.3 is 0 Å². The van der Waals surface area contributed by atoms with Gasteiger partial charge in [-0.1, -0.05) is 0 Å². The van der Waals surface area contributed by atoms with E-state index in [-0.39, 0.29) is 24.0 Å². The van der Waals surface area contributed by atoms with E-state index in [0.29, 0.717) is 6.54 Å². The molecule has 0 radical (unpaired) electrons. The zero-order valence-electron chi connectivity index (χ0n) is 13.0. The molecule has 2 heterocycles. The van der Waals surface area contributed by atoms with Crippen LogP contribution in [0.1, 0.15) is 27.5 Å². The van der Waals surface area contributed by atoms with E-state index in [1.54, 1.807) is 22.7 Å². The van der Waals surface area contributed by atoms with Crippen LogP contribution < -0.4 is 10.6 Å². The van der Waals surface area contributed by atoms with Crippen molar-refractivity contribution in [1.82, 2.24) is 20.6 Å². The van der Waals surface area contributed by atoms with Crippen molar-refractivity contribution < 1.29 is 0 Å². The third-order valence-electron chi connectivity index (χ3n) is 2.73. The maximum atomic E-state index is 4.56. The van der Waals surface area contributed by atoms with Crippen LogP contribution in [0.3, 0.4) is 0 Å². The monoisotopic (exact) mass is 451 g/mol. The number of aliphatic imine (C=N–C) groups is 1. The third-order valence-corrected chi connectivity index (χ3v) is 4.45. The summed E-state index contributed by atoms with van der Waals surface area (Å²) in [5.41, 5.74) is 1.14. The highest BCUT2D eigenvalue weighted by Crippen LogP contribution is 2.11. The molecular weight excluding hydrogens is 429 g/mol. The first kappa shape index (κ1) is 19.3. The molecule has 0 unspecified atom stereocenters. The fourth-order valence-electron chi connectivity index (χ4n) is 1.80. The number of halogens is 1. The van der Waals surface area contributed by atoms with Crippen molar-refractivity contribution in [2.45, 2.75) is 33.7 Å². The Balaban J connectivity index is 0.00000242. The average Bonchev–Trinajstić information content (AvgIpc) is 3.05. The van der Waals surface area contributed by atoms with Crippen molar-refractivity contribution in [2.75, 3.05) is 13.1 Å². The second kappa shape index (κ2) is 10.1. The second-order valence-corrected chi connectivity index (χ2v) is 6.98. The molecule has 2 N–H and O–H groups in total. The Bertz CT molecular complexity index is 594. The molecular formula is C14H22IN5S2. The molecule has 0 aromatic carbocycles. The van der Waals surface area contributed by atoms with E-state index in [1.807, 2.05) is 13.1 Å². The molecule has 8 heteroatoms. The zero-order chi connectivity index (χ0) is 15.1. The van der Waals surface area contributed by atoms with Gasteiger partial charge in [-0.25, -0.2) is 15.0 Å². The van der Waals surface area contributed by atoms with Gasteiger partial charge in [-0.2, -0.15) is 0 Å². The van der Waals surface area contributed by atoms with Gasteiger partial charge < -0.3 is 10.6 Å². The molecule has 0 amide bonds. The summed E-state index contributed by atoms with van der Waals surface area (Å²) in [5, 5.41) is 10.9. The van der Waals surface area contributed by atoms with Gasteiger partial charge in [0, 0.05) is 36.0 Å². The summed E-state index contributed by atoms with van der Waals surface area (Å²) < 4.78 is 0. The minimum Gasteiger partial charge on any atom is -0.357 e. The molecule has 2 aromatic heterocycles. The first-order valence-corrected chi connectivity index (χ1v) is 8.71. The zero-order valence-corrected chi connectivity index (χ0v) is 17.0. The highest BCUT2D eigenvalue weighted by molar-refractivity contribution is 14.0. The predicted molar refractivity (Wildman–Crippen MR) is 106 cm³/mol. The Morgan fingerprint density at radius 3 is 2.73 bits per heavy atom. The average molecular weight is 451 g/mol. The Labute approximate surface area is 156 Å². The first-order valence-electron chi connectivity index (χ1n) is 7.02. The van der Waals surface area contributed by atoms with E-state index in [1.165, 1.54) is 4.88 Å². The molecule has 22 heavy (non-hydrogen) atoms. The number of hydrogen-bond acceptors (Lipinski definition) is 5. The summed E-state index contributed by atoms with van der Waals surface area (Å²) >= 11 is 3.38. The number of hydrogen-bond donors (Lipinski definition) is 2. The molecule has 0 aliphatic rings. The standard InChI is InChI=1S/C14H21N5S2.HI/c1-4-15-14(18-8-13-17-7-10(2)21-13)16-6-5-12-9-20-11(3)19-12;/h7,9H,4-6,8H2,1-3H3,(H2,15,16,18);1H. The number of nitrogens with one attached hydrogen (secondary N) is 2. The fourth-order valence-corrected chi connectivity index (χ4v) is 3.15. The van der Waals surface area contributed by atoms with Gasteiger partial charge in [0.15, 0.2) is 5.96 Å². The molecule has 0 saturated carbocycles. The highest BCUT2D eigenvalue weighted by Gasteiger charge is 2.02. The van der Waals surface area contributed by atoms with Crippen LogP contribution in [0.2, 0.25) is 0 Å². The first-order chi connectivity index (χ1) is 10.2. The van der Waals surface area contributed by atoms with Crippen molar-refractivity contribution in [3.8, 4) is 0 Å². The lowest BCUT2D eigenvalue weighted by molar-refractivity contribution is 0.789. The summed E-state index contributed by atoms with van der Waals surface area (Å²) in [6.45, 7) is 8.44. The molecule has 0 atom stereocenters. The van der Waals surface area contributed by atoms with Gasteiger partial charge in [-0.05, 0) is 20.8 Å².